The molecular formula is C13H21N5O3. The van der Waals surface area contributed by atoms with Crippen LogP contribution in [0.1, 0.15) is 19.8 Å². The lowest BCUT2D eigenvalue weighted by Gasteiger charge is -2.15. The van der Waals surface area contributed by atoms with E-state index < -0.39 is 5.69 Å². The van der Waals surface area contributed by atoms with Gasteiger partial charge >= 0.3 is 5.69 Å². The van der Waals surface area contributed by atoms with Crippen LogP contribution in [-0.4, -0.2) is 38.9 Å². The van der Waals surface area contributed by atoms with Crippen molar-refractivity contribution in [2.75, 3.05) is 19.0 Å². The van der Waals surface area contributed by atoms with Crippen molar-refractivity contribution in [2.24, 2.45) is 14.1 Å². The molecule has 0 aromatic carbocycles. The van der Waals surface area contributed by atoms with Crippen LogP contribution in [0.25, 0.3) is 11.2 Å². The van der Waals surface area contributed by atoms with E-state index in [1.54, 1.807) is 14.2 Å². The summed E-state index contributed by atoms with van der Waals surface area (Å²) in [7, 11) is 4.68. The zero-order valence-corrected chi connectivity index (χ0v) is 12.8. The van der Waals surface area contributed by atoms with Crippen molar-refractivity contribution in [3.05, 3.63) is 20.8 Å². The normalized spacial score (nSPS) is 12.8. The lowest BCUT2D eigenvalue weighted by atomic mass is 10.2. The Bertz CT molecular complexity index is 737. The molecule has 8 nitrogen and oxygen atoms in total. The summed E-state index contributed by atoms with van der Waals surface area (Å²) in [5.74, 6) is 0.471. The minimum Gasteiger partial charge on any atom is -0.383 e. The highest BCUT2D eigenvalue weighted by Gasteiger charge is 2.15. The van der Waals surface area contributed by atoms with Crippen LogP contribution in [0.15, 0.2) is 9.59 Å². The minimum absolute atomic E-state index is 0.0986. The third-order valence-corrected chi connectivity index (χ3v) is 3.44. The SMILES string of the molecule is CCCC(COC)Nc1nc2c([nH]1)c(=O)n(C)c(=O)n2C. The summed E-state index contributed by atoms with van der Waals surface area (Å²) >= 11 is 0. The van der Waals surface area contributed by atoms with Crippen molar-refractivity contribution in [1.82, 2.24) is 19.1 Å². The average molecular weight is 295 g/mol. The van der Waals surface area contributed by atoms with Crippen LogP contribution in [0.4, 0.5) is 5.95 Å². The van der Waals surface area contributed by atoms with E-state index in [1.165, 1.54) is 11.6 Å². The van der Waals surface area contributed by atoms with E-state index in [9.17, 15) is 9.59 Å². The molecule has 0 saturated heterocycles. The largest absolute Gasteiger partial charge is 0.383 e. The molecule has 0 bridgehead atoms. The summed E-state index contributed by atoms with van der Waals surface area (Å²) in [6.07, 6.45) is 1.92. The Labute approximate surface area is 121 Å². The van der Waals surface area contributed by atoms with Crippen LogP contribution < -0.4 is 16.6 Å². The lowest BCUT2D eigenvalue weighted by molar-refractivity contribution is 0.182. The topological polar surface area (TPSA) is 93.9 Å². The van der Waals surface area contributed by atoms with Gasteiger partial charge in [0.15, 0.2) is 11.2 Å². The number of nitrogens with zero attached hydrogens (tertiary/aromatic N) is 3. The number of aryl methyl sites for hydroxylation is 1. The Balaban J connectivity index is 2.44. The first-order valence-corrected chi connectivity index (χ1v) is 6.90. The van der Waals surface area contributed by atoms with Gasteiger partial charge in [0.25, 0.3) is 5.56 Å². The van der Waals surface area contributed by atoms with Crippen molar-refractivity contribution >= 4 is 17.1 Å². The molecule has 2 aromatic heterocycles. The molecule has 1 unspecified atom stereocenters. The molecule has 0 aliphatic heterocycles. The maximum atomic E-state index is 12.1. The number of hydrogen-bond donors (Lipinski definition) is 2. The van der Waals surface area contributed by atoms with E-state index in [2.05, 4.69) is 22.2 Å². The van der Waals surface area contributed by atoms with Gasteiger partial charge in [-0.3, -0.25) is 13.9 Å². The van der Waals surface area contributed by atoms with Crippen molar-refractivity contribution in [3.8, 4) is 0 Å². The number of imidazole rings is 1. The summed E-state index contributed by atoms with van der Waals surface area (Å²) in [5.41, 5.74) is -0.118. The van der Waals surface area contributed by atoms with Gasteiger partial charge < -0.3 is 15.0 Å². The molecular weight excluding hydrogens is 274 g/mol. The maximum absolute atomic E-state index is 12.1. The van der Waals surface area contributed by atoms with Crippen LogP contribution in [0, 0.1) is 0 Å². The van der Waals surface area contributed by atoms with E-state index in [4.69, 9.17) is 4.74 Å². The first-order valence-electron chi connectivity index (χ1n) is 6.90. The van der Waals surface area contributed by atoms with Gasteiger partial charge in [-0.25, -0.2) is 4.79 Å². The van der Waals surface area contributed by atoms with E-state index >= 15 is 0 Å². The van der Waals surface area contributed by atoms with Crippen LogP contribution in [-0.2, 0) is 18.8 Å². The van der Waals surface area contributed by atoms with Crippen molar-refractivity contribution in [3.63, 3.8) is 0 Å². The van der Waals surface area contributed by atoms with Crippen LogP contribution in [0.5, 0.6) is 0 Å². The number of hydrogen-bond acceptors (Lipinski definition) is 5. The monoisotopic (exact) mass is 295 g/mol. The van der Waals surface area contributed by atoms with Crippen molar-refractivity contribution in [1.29, 1.82) is 0 Å². The number of ether oxygens (including phenoxy) is 1. The Morgan fingerprint density at radius 3 is 2.67 bits per heavy atom. The molecule has 2 N–H and O–H groups in total. The van der Waals surface area contributed by atoms with Crippen LogP contribution in [0.2, 0.25) is 0 Å². The Morgan fingerprint density at radius 2 is 2.05 bits per heavy atom. The summed E-state index contributed by atoms with van der Waals surface area (Å²) in [6, 6.07) is 0.0986. The van der Waals surface area contributed by atoms with Gasteiger partial charge in [-0.05, 0) is 6.42 Å². The fraction of sp³-hybridized carbons (Fsp3) is 0.615. The van der Waals surface area contributed by atoms with Crippen LogP contribution in [0.3, 0.4) is 0 Å². The fourth-order valence-electron chi connectivity index (χ4n) is 2.33. The molecule has 0 aliphatic rings. The Hall–Kier alpha value is -2.09. The smallest absolute Gasteiger partial charge is 0.332 e. The minimum atomic E-state index is -0.396. The Morgan fingerprint density at radius 1 is 1.33 bits per heavy atom. The quantitative estimate of drug-likeness (QED) is 0.793. The van der Waals surface area contributed by atoms with Gasteiger partial charge in [-0.1, -0.05) is 13.3 Å². The molecule has 0 fully saturated rings. The number of H-pyrrole nitrogens is 1. The second-order valence-electron chi connectivity index (χ2n) is 5.08. The van der Waals surface area contributed by atoms with Crippen LogP contribution >= 0.6 is 0 Å². The van der Waals surface area contributed by atoms with Gasteiger partial charge in [0.2, 0.25) is 5.95 Å². The zero-order chi connectivity index (χ0) is 15.6. The molecule has 0 aliphatic carbocycles. The van der Waals surface area contributed by atoms with Gasteiger partial charge in [0.1, 0.15) is 0 Å². The summed E-state index contributed by atoms with van der Waals surface area (Å²) < 4.78 is 7.57. The summed E-state index contributed by atoms with van der Waals surface area (Å²) in [6.45, 7) is 2.63. The van der Waals surface area contributed by atoms with Gasteiger partial charge in [0.05, 0.1) is 12.6 Å². The van der Waals surface area contributed by atoms with Crippen molar-refractivity contribution < 1.29 is 4.74 Å². The predicted octanol–water partition coefficient (Wildman–Crippen LogP) is 0.187. The van der Waals surface area contributed by atoms with Crippen molar-refractivity contribution in [2.45, 2.75) is 25.8 Å². The highest BCUT2D eigenvalue weighted by Crippen LogP contribution is 2.11. The lowest BCUT2D eigenvalue weighted by Crippen LogP contribution is -2.36. The number of aromatic nitrogens is 4. The molecule has 116 valence electrons. The number of aromatic amines is 1. The first-order chi connectivity index (χ1) is 9.99. The molecule has 0 amide bonds. The molecule has 2 rings (SSSR count). The molecule has 2 heterocycles. The van der Waals surface area contributed by atoms with Gasteiger partial charge in [0, 0.05) is 21.2 Å². The highest BCUT2D eigenvalue weighted by atomic mass is 16.5. The molecule has 2 aromatic rings. The Kier molecular flexibility index (Phi) is 4.46. The molecule has 1 atom stereocenters. The van der Waals surface area contributed by atoms with E-state index in [-0.39, 0.29) is 11.6 Å². The molecule has 0 radical (unpaired) electrons. The predicted molar refractivity (Wildman–Crippen MR) is 80.8 cm³/mol. The van der Waals surface area contributed by atoms with E-state index in [0.29, 0.717) is 23.7 Å². The third kappa shape index (κ3) is 2.85. The maximum Gasteiger partial charge on any atom is 0.332 e. The van der Waals surface area contributed by atoms with E-state index in [0.717, 1.165) is 17.4 Å². The molecule has 21 heavy (non-hydrogen) atoms. The summed E-state index contributed by atoms with van der Waals surface area (Å²) in [4.78, 5) is 31.2. The number of methoxy groups -OCH3 is 1. The standard InChI is InChI=1S/C13H21N5O3/c1-5-6-8(7-21-4)14-12-15-9-10(16-12)17(2)13(20)18(3)11(9)19/h8H,5-7H2,1-4H3,(H2,14,15,16). The molecule has 0 spiro atoms. The van der Waals surface area contributed by atoms with Gasteiger partial charge in [-0.15, -0.1) is 0 Å². The highest BCUT2D eigenvalue weighted by molar-refractivity contribution is 5.72. The van der Waals surface area contributed by atoms with E-state index in [1.807, 2.05) is 0 Å². The number of rotatable bonds is 6. The first kappa shape index (κ1) is 15.3. The average Bonchev–Trinajstić information content (AvgIpc) is 2.87. The molecule has 0 saturated carbocycles. The second-order valence-corrected chi connectivity index (χ2v) is 5.08. The number of anilines is 1. The second kappa shape index (κ2) is 6.13. The van der Waals surface area contributed by atoms with Gasteiger partial charge in [-0.2, -0.15) is 4.98 Å². The third-order valence-electron chi connectivity index (χ3n) is 3.44. The zero-order valence-electron chi connectivity index (χ0n) is 12.8. The number of fused-ring (bicyclic) bond motifs is 1. The summed E-state index contributed by atoms with van der Waals surface area (Å²) in [5, 5.41) is 3.21. The number of nitrogens with one attached hydrogen (secondary N) is 2. The fourth-order valence-corrected chi connectivity index (χ4v) is 2.33. The molecule has 8 heteroatoms.